The zero-order chi connectivity index (χ0) is 9.84. The standard InChI is InChI=1S/C10H10BrNO/c1-3-4-5-12-6-8(2)10(13)9(11)7-12/h6-7H,5H2,1-2H3. The lowest BCUT2D eigenvalue weighted by Crippen LogP contribution is -2.10. The van der Waals surface area contributed by atoms with E-state index in [1.54, 1.807) is 26.2 Å². The van der Waals surface area contributed by atoms with Crippen LogP contribution in [0.25, 0.3) is 0 Å². The summed E-state index contributed by atoms with van der Waals surface area (Å²) in [6.07, 6.45) is 3.55. The molecule has 0 N–H and O–H groups in total. The van der Waals surface area contributed by atoms with Crippen LogP contribution in [0.3, 0.4) is 0 Å². The van der Waals surface area contributed by atoms with E-state index in [0.29, 0.717) is 11.0 Å². The number of pyridine rings is 1. The Hall–Kier alpha value is -1.01. The van der Waals surface area contributed by atoms with Crippen LogP contribution in [0.5, 0.6) is 0 Å². The molecule has 1 rings (SSSR count). The molecule has 0 aliphatic heterocycles. The summed E-state index contributed by atoms with van der Waals surface area (Å²) in [5, 5.41) is 0. The van der Waals surface area contributed by atoms with Gasteiger partial charge in [0.25, 0.3) is 0 Å². The van der Waals surface area contributed by atoms with Gasteiger partial charge in [-0.15, -0.1) is 5.92 Å². The Bertz CT molecular complexity index is 397. The zero-order valence-corrected chi connectivity index (χ0v) is 9.18. The molecule has 0 aliphatic carbocycles. The van der Waals surface area contributed by atoms with Crippen LogP contribution < -0.4 is 5.43 Å². The monoisotopic (exact) mass is 239 g/mol. The van der Waals surface area contributed by atoms with Crippen molar-refractivity contribution in [1.29, 1.82) is 0 Å². The fraction of sp³-hybridized carbons (Fsp3) is 0.300. The van der Waals surface area contributed by atoms with Crippen molar-refractivity contribution in [2.75, 3.05) is 0 Å². The van der Waals surface area contributed by atoms with E-state index in [2.05, 4.69) is 27.8 Å². The third-order valence-electron chi connectivity index (χ3n) is 1.65. The maximum absolute atomic E-state index is 11.3. The van der Waals surface area contributed by atoms with E-state index in [9.17, 15) is 4.79 Å². The summed E-state index contributed by atoms with van der Waals surface area (Å²) in [4.78, 5) is 11.3. The quantitative estimate of drug-likeness (QED) is 0.687. The molecule has 0 radical (unpaired) electrons. The molecule has 0 atom stereocenters. The minimum atomic E-state index is 0.0423. The van der Waals surface area contributed by atoms with Gasteiger partial charge in [-0.2, -0.15) is 0 Å². The molecule has 1 heterocycles. The van der Waals surface area contributed by atoms with Crippen LogP contribution in [0.2, 0.25) is 0 Å². The summed E-state index contributed by atoms with van der Waals surface area (Å²) in [5.74, 6) is 5.73. The SMILES string of the molecule is CC#CCn1cc(C)c(=O)c(Br)c1. The van der Waals surface area contributed by atoms with Crippen molar-refractivity contribution in [3.8, 4) is 11.8 Å². The Balaban J connectivity index is 3.11. The Kier molecular flexibility index (Phi) is 3.32. The van der Waals surface area contributed by atoms with Crippen molar-refractivity contribution >= 4 is 15.9 Å². The van der Waals surface area contributed by atoms with Gasteiger partial charge in [0, 0.05) is 18.0 Å². The van der Waals surface area contributed by atoms with Crippen LogP contribution in [0.4, 0.5) is 0 Å². The largest absolute Gasteiger partial charge is 0.341 e. The van der Waals surface area contributed by atoms with Crippen molar-refractivity contribution in [3.05, 3.63) is 32.7 Å². The first-order valence-electron chi connectivity index (χ1n) is 3.91. The predicted molar refractivity (Wildman–Crippen MR) is 56.6 cm³/mol. The van der Waals surface area contributed by atoms with Crippen molar-refractivity contribution in [3.63, 3.8) is 0 Å². The second-order valence-electron chi connectivity index (χ2n) is 2.72. The van der Waals surface area contributed by atoms with Crippen LogP contribution in [-0.2, 0) is 6.54 Å². The Morgan fingerprint density at radius 1 is 1.54 bits per heavy atom. The fourth-order valence-corrected chi connectivity index (χ4v) is 1.57. The van der Waals surface area contributed by atoms with Crippen LogP contribution in [-0.4, -0.2) is 4.57 Å². The summed E-state index contributed by atoms with van der Waals surface area (Å²) in [7, 11) is 0. The number of nitrogens with zero attached hydrogens (tertiary/aromatic N) is 1. The number of aryl methyl sites for hydroxylation is 1. The topological polar surface area (TPSA) is 22.0 Å². The number of hydrogen-bond acceptors (Lipinski definition) is 1. The van der Waals surface area contributed by atoms with Gasteiger partial charge in [-0.1, -0.05) is 5.92 Å². The lowest BCUT2D eigenvalue weighted by Gasteiger charge is -2.03. The molecule has 1 aromatic rings. The van der Waals surface area contributed by atoms with Gasteiger partial charge in [-0.25, -0.2) is 0 Å². The molecule has 0 unspecified atom stereocenters. The predicted octanol–water partition coefficient (Wildman–Crippen LogP) is 1.94. The number of hydrogen-bond donors (Lipinski definition) is 0. The Morgan fingerprint density at radius 2 is 2.23 bits per heavy atom. The first-order chi connectivity index (χ1) is 6.15. The first kappa shape index (κ1) is 10.1. The van der Waals surface area contributed by atoms with Crippen molar-refractivity contribution in [1.82, 2.24) is 4.57 Å². The van der Waals surface area contributed by atoms with Gasteiger partial charge in [0.1, 0.15) is 0 Å². The molecule has 13 heavy (non-hydrogen) atoms. The molecule has 0 aliphatic rings. The molecule has 0 amide bonds. The highest BCUT2D eigenvalue weighted by Gasteiger charge is 1.99. The molecule has 0 saturated heterocycles. The van der Waals surface area contributed by atoms with Gasteiger partial charge in [-0.05, 0) is 29.8 Å². The second kappa shape index (κ2) is 4.29. The highest BCUT2D eigenvalue weighted by Crippen LogP contribution is 2.03. The van der Waals surface area contributed by atoms with Gasteiger partial charge in [0.15, 0.2) is 5.43 Å². The Labute approximate surface area is 85.7 Å². The Morgan fingerprint density at radius 3 is 2.77 bits per heavy atom. The van der Waals surface area contributed by atoms with E-state index in [4.69, 9.17) is 0 Å². The molecule has 0 fully saturated rings. The fourth-order valence-electron chi connectivity index (χ4n) is 0.999. The average molecular weight is 240 g/mol. The van der Waals surface area contributed by atoms with E-state index < -0.39 is 0 Å². The summed E-state index contributed by atoms with van der Waals surface area (Å²) in [6, 6.07) is 0. The van der Waals surface area contributed by atoms with Crippen molar-refractivity contribution in [2.45, 2.75) is 20.4 Å². The molecule has 2 nitrogen and oxygen atoms in total. The molecule has 0 saturated carbocycles. The van der Waals surface area contributed by atoms with Gasteiger partial charge < -0.3 is 4.57 Å². The zero-order valence-electron chi connectivity index (χ0n) is 7.60. The summed E-state index contributed by atoms with van der Waals surface area (Å²) in [6.45, 7) is 4.21. The average Bonchev–Trinajstić information content (AvgIpc) is 2.10. The van der Waals surface area contributed by atoms with E-state index in [0.717, 1.165) is 5.56 Å². The third kappa shape index (κ3) is 2.46. The number of aromatic nitrogens is 1. The van der Waals surface area contributed by atoms with E-state index in [-0.39, 0.29) is 5.43 Å². The second-order valence-corrected chi connectivity index (χ2v) is 3.57. The normalized spacial score (nSPS) is 9.15. The molecule has 0 aromatic carbocycles. The summed E-state index contributed by atoms with van der Waals surface area (Å²) in [5.41, 5.74) is 0.771. The maximum Gasteiger partial charge on any atom is 0.198 e. The molecule has 0 bridgehead atoms. The van der Waals surface area contributed by atoms with Gasteiger partial charge in [0.05, 0.1) is 11.0 Å². The molecule has 0 spiro atoms. The molecule has 1 aromatic heterocycles. The molecular weight excluding hydrogens is 230 g/mol. The van der Waals surface area contributed by atoms with Gasteiger partial charge in [-0.3, -0.25) is 4.79 Å². The van der Waals surface area contributed by atoms with Gasteiger partial charge in [0.2, 0.25) is 0 Å². The molecular formula is C10H10BrNO. The van der Waals surface area contributed by atoms with E-state index >= 15 is 0 Å². The van der Waals surface area contributed by atoms with Crippen LogP contribution in [0.15, 0.2) is 21.7 Å². The highest BCUT2D eigenvalue weighted by molar-refractivity contribution is 9.10. The first-order valence-corrected chi connectivity index (χ1v) is 4.70. The van der Waals surface area contributed by atoms with Crippen LogP contribution in [0.1, 0.15) is 12.5 Å². The van der Waals surface area contributed by atoms with Crippen LogP contribution >= 0.6 is 15.9 Å². The smallest absolute Gasteiger partial charge is 0.198 e. The minimum Gasteiger partial charge on any atom is -0.341 e. The number of halogens is 1. The lowest BCUT2D eigenvalue weighted by atomic mass is 10.3. The van der Waals surface area contributed by atoms with Crippen molar-refractivity contribution < 1.29 is 0 Å². The molecule has 68 valence electrons. The van der Waals surface area contributed by atoms with E-state index in [1.807, 2.05) is 4.57 Å². The summed E-state index contributed by atoms with van der Waals surface area (Å²) >= 11 is 3.21. The third-order valence-corrected chi connectivity index (χ3v) is 2.22. The summed E-state index contributed by atoms with van der Waals surface area (Å²) < 4.78 is 2.47. The van der Waals surface area contributed by atoms with Crippen molar-refractivity contribution in [2.24, 2.45) is 0 Å². The van der Waals surface area contributed by atoms with Gasteiger partial charge >= 0.3 is 0 Å². The maximum atomic E-state index is 11.3. The van der Waals surface area contributed by atoms with E-state index in [1.165, 1.54) is 0 Å². The highest BCUT2D eigenvalue weighted by atomic mass is 79.9. The lowest BCUT2D eigenvalue weighted by molar-refractivity contribution is 0.817. The molecule has 3 heteroatoms. The van der Waals surface area contributed by atoms with Crippen LogP contribution in [0, 0.1) is 18.8 Å². The number of rotatable bonds is 1. The minimum absolute atomic E-state index is 0.0423.